The Bertz CT molecular complexity index is 997. The molecule has 0 radical (unpaired) electrons. The maximum atomic E-state index is 12.9. The summed E-state index contributed by atoms with van der Waals surface area (Å²) >= 11 is 9.89. The first kappa shape index (κ1) is 18.7. The van der Waals surface area contributed by atoms with E-state index in [4.69, 9.17) is 11.6 Å². The minimum atomic E-state index is -0.0532. The van der Waals surface area contributed by atoms with Gasteiger partial charge in [-0.2, -0.15) is 0 Å². The van der Waals surface area contributed by atoms with Gasteiger partial charge in [-0.05, 0) is 74.4 Å². The van der Waals surface area contributed by atoms with Gasteiger partial charge in [-0.15, -0.1) is 0 Å². The molecule has 3 aromatic rings. The number of aryl methyl sites for hydroxylation is 3. The Balaban J connectivity index is 1.90. The number of carbonyl (C=O) groups is 1. The number of hydrogen-bond donors (Lipinski definition) is 1. The fraction of sp³-hybridized carbons (Fsp3) is 0.136. The lowest BCUT2D eigenvalue weighted by Gasteiger charge is -2.12. The molecule has 2 nitrogen and oxygen atoms in total. The Hall–Kier alpha value is -2.10. The van der Waals surface area contributed by atoms with Gasteiger partial charge >= 0.3 is 0 Å². The van der Waals surface area contributed by atoms with Crippen molar-refractivity contribution in [3.8, 4) is 0 Å². The monoisotopic (exact) mass is 427 g/mol. The lowest BCUT2D eigenvalue weighted by Crippen LogP contribution is -2.05. The highest BCUT2D eigenvalue weighted by Gasteiger charge is 2.16. The maximum absolute atomic E-state index is 12.9. The van der Waals surface area contributed by atoms with Gasteiger partial charge < -0.3 is 5.32 Å². The predicted octanol–water partition coefficient (Wildman–Crippen LogP) is 7.00. The number of ketones is 1. The van der Waals surface area contributed by atoms with Gasteiger partial charge in [-0.3, -0.25) is 4.79 Å². The van der Waals surface area contributed by atoms with E-state index in [-0.39, 0.29) is 5.78 Å². The first-order chi connectivity index (χ1) is 12.3. The molecule has 0 aliphatic heterocycles. The van der Waals surface area contributed by atoms with Gasteiger partial charge in [0.15, 0.2) is 5.78 Å². The fourth-order valence-electron chi connectivity index (χ4n) is 2.83. The summed E-state index contributed by atoms with van der Waals surface area (Å²) in [5, 5.41) is 3.79. The Morgan fingerprint density at radius 2 is 1.65 bits per heavy atom. The third-order valence-electron chi connectivity index (χ3n) is 4.32. The van der Waals surface area contributed by atoms with Gasteiger partial charge in [-0.1, -0.05) is 45.2 Å². The summed E-state index contributed by atoms with van der Waals surface area (Å²) in [6, 6.07) is 17.4. The standard InChI is InChI=1S/C22H19BrClNO/c1-13-4-5-14(2)19(10-13)22(26)18-8-7-17(12-20(18)24)25-21-9-6-16(23)11-15(21)3/h4-12,25H,1-3H3. The van der Waals surface area contributed by atoms with Gasteiger partial charge in [0.05, 0.1) is 5.02 Å². The summed E-state index contributed by atoms with van der Waals surface area (Å²) in [6.07, 6.45) is 0. The van der Waals surface area contributed by atoms with Crippen molar-refractivity contribution in [2.75, 3.05) is 5.32 Å². The van der Waals surface area contributed by atoms with Crippen molar-refractivity contribution >= 4 is 44.7 Å². The van der Waals surface area contributed by atoms with Gasteiger partial charge in [0.25, 0.3) is 0 Å². The highest BCUT2D eigenvalue weighted by molar-refractivity contribution is 9.10. The number of carbonyl (C=O) groups excluding carboxylic acids is 1. The van der Waals surface area contributed by atoms with Crippen molar-refractivity contribution in [1.29, 1.82) is 0 Å². The van der Waals surface area contributed by atoms with Gasteiger partial charge in [-0.25, -0.2) is 0 Å². The summed E-state index contributed by atoms with van der Waals surface area (Å²) in [5.41, 5.74) is 6.17. The molecule has 26 heavy (non-hydrogen) atoms. The summed E-state index contributed by atoms with van der Waals surface area (Å²) in [4.78, 5) is 12.9. The van der Waals surface area contributed by atoms with Crippen LogP contribution < -0.4 is 5.32 Å². The first-order valence-corrected chi connectivity index (χ1v) is 9.47. The molecule has 0 saturated heterocycles. The zero-order chi connectivity index (χ0) is 18.8. The first-order valence-electron chi connectivity index (χ1n) is 8.30. The van der Waals surface area contributed by atoms with E-state index < -0.39 is 0 Å². The topological polar surface area (TPSA) is 29.1 Å². The highest BCUT2D eigenvalue weighted by atomic mass is 79.9. The molecular formula is C22H19BrClNO. The molecule has 0 amide bonds. The van der Waals surface area contributed by atoms with Crippen LogP contribution in [0.5, 0.6) is 0 Å². The van der Waals surface area contributed by atoms with Gasteiger partial charge in [0.2, 0.25) is 0 Å². The van der Waals surface area contributed by atoms with Crippen molar-refractivity contribution in [3.05, 3.63) is 91.9 Å². The lowest BCUT2D eigenvalue weighted by molar-refractivity contribution is 0.103. The van der Waals surface area contributed by atoms with E-state index in [1.165, 1.54) is 0 Å². The molecule has 0 aromatic heterocycles. The second kappa shape index (κ2) is 7.65. The number of nitrogens with one attached hydrogen (secondary N) is 1. The summed E-state index contributed by atoms with van der Waals surface area (Å²) in [5.74, 6) is -0.0532. The molecule has 0 unspecified atom stereocenters. The van der Waals surface area contributed by atoms with Crippen molar-refractivity contribution in [2.24, 2.45) is 0 Å². The SMILES string of the molecule is Cc1ccc(C)c(C(=O)c2ccc(Nc3ccc(Br)cc3C)cc2Cl)c1. The summed E-state index contributed by atoms with van der Waals surface area (Å²) in [7, 11) is 0. The zero-order valence-corrected chi connectivity index (χ0v) is 17.2. The Morgan fingerprint density at radius 1 is 0.885 bits per heavy atom. The van der Waals surface area contributed by atoms with Crippen LogP contribution in [0, 0.1) is 20.8 Å². The molecule has 1 N–H and O–H groups in total. The van der Waals surface area contributed by atoms with Crippen LogP contribution >= 0.6 is 27.5 Å². The lowest BCUT2D eigenvalue weighted by atomic mass is 9.97. The Kier molecular flexibility index (Phi) is 5.49. The molecular weight excluding hydrogens is 410 g/mol. The minimum absolute atomic E-state index is 0.0532. The van der Waals surface area contributed by atoms with E-state index in [2.05, 4.69) is 21.2 Å². The number of rotatable bonds is 4. The van der Waals surface area contributed by atoms with Crippen molar-refractivity contribution in [2.45, 2.75) is 20.8 Å². The van der Waals surface area contributed by atoms with E-state index in [1.54, 1.807) is 12.1 Å². The number of halogens is 2. The fourth-order valence-corrected chi connectivity index (χ4v) is 3.57. The van der Waals surface area contributed by atoms with Crippen LogP contribution in [0.2, 0.25) is 5.02 Å². The molecule has 132 valence electrons. The van der Waals surface area contributed by atoms with E-state index >= 15 is 0 Å². The predicted molar refractivity (Wildman–Crippen MR) is 113 cm³/mol. The van der Waals surface area contributed by atoms with Crippen LogP contribution in [0.15, 0.2) is 59.1 Å². The van der Waals surface area contributed by atoms with Crippen molar-refractivity contribution in [1.82, 2.24) is 0 Å². The molecule has 0 heterocycles. The average molecular weight is 429 g/mol. The molecule has 0 fully saturated rings. The minimum Gasteiger partial charge on any atom is -0.355 e. The number of anilines is 2. The Labute approximate surface area is 167 Å². The molecule has 3 aromatic carbocycles. The number of hydrogen-bond acceptors (Lipinski definition) is 2. The van der Waals surface area contributed by atoms with Crippen LogP contribution in [0.3, 0.4) is 0 Å². The quantitative estimate of drug-likeness (QED) is 0.453. The van der Waals surface area contributed by atoms with E-state index in [1.807, 2.05) is 63.2 Å². The second-order valence-corrected chi connectivity index (χ2v) is 7.75. The summed E-state index contributed by atoms with van der Waals surface area (Å²) in [6.45, 7) is 5.95. The van der Waals surface area contributed by atoms with Crippen LogP contribution in [-0.4, -0.2) is 5.78 Å². The number of benzene rings is 3. The van der Waals surface area contributed by atoms with Crippen molar-refractivity contribution in [3.63, 3.8) is 0 Å². The van der Waals surface area contributed by atoms with Gasteiger partial charge in [0, 0.05) is 27.0 Å². The summed E-state index contributed by atoms with van der Waals surface area (Å²) < 4.78 is 1.04. The smallest absolute Gasteiger partial charge is 0.194 e. The highest BCUT2D eigenvalue weighted by Crippen LogP contribution is 2.28. The van der Waals surface area contributed by atoms with Crippen LogP contribution in [0.4, 0.5) is 11.4 Å². The molecule has 4 heteroatoms. The molecule has 0 aliphatic rings. The molecule has 3 rings (SSSR count). The molecule has 0 atom stereocenters. The third kappa shape index (κ3) is 4.00. The van der Waals surface area contributed by atoms with Gasteiger partial charge in [0.1, 0.15) is 0 Å². The van der Waals surface area contributed by atoms with E-state index in [9.17, 15) is 4.79 Å². The van der Waals surface area contributed by atoms with Crippen LogP contribution in [0.1, 0.15) is 32.6 Å². The van der Waals surface area contributed by atoms with Crippen LogP contribution in [-0.2, 0) is 0 Å². The largest absolute Gasteiger partial charge is 0.355 e. The van der Waals surface area contributed by atoms with Crippen molar-refractivity contribution < 1.29 is 4.79 Å². The van der Waals surface area contributed by atoms with E-state index in [0.29, 0.717) is 16.1 Å². The van der Waals surface area contributed by atoms with E-state index in [0.717, 1.165) is 32.5 Å². The Morgan fingerprint density at radius 3 is 2.35 bits per heavy atom. The zero-order valence-electron chi connectivity index (χ0n) is 14.9. The molecule has 0 spiro atoms. The molecule has 0 aliphatic carbocycles. The normalized spacial score (nSPS) is 10.7. The third-order valence-corrected chi connectivity index (χ3v) is 5.12. The molecule has 0 bridgehead atoms. The van der Waals surface area contributed by atoms with Crippen LogP contribution in [0.25, 0.3) is 0 Å². The second-order valence-electron chi connectivity index (χ2n) is 6.43. The maximum Gasteiger partial charge on any atom is 0.194 e. The molecule has 0 saturated carbocycles. The average Bonchev–Trinajstić information content (AvgIpc) is 2.59.